The number of nitrogens with one attached hydrogen (secondary N) is 1. The molecule has 0 bridgehead atoms. The van der Waals surface area contributed by atoms with E-state index in [4.69, 9.17) is 0 Å². The first-order valence-electron chi connectivity index (χ1n) is 5.63. The molecule has 7 nitrogen and oxygen atoms in total. The zero-order chi connectivity index (χ0) is 13.8. The van der Waals surface area contributed by atoms with Gasteiger partial charge >= 0.3 is 0 Å². The number of aromatic nitrogens is 2. The molecule has 19 heavy (non-hydrogen) atoms. The van der Waals surface area contributed by atoms with Crippen LogP contribution < -0.4 is 10.9 Å². The molecule has 0 unspecified atom stereocenters. The van der Waals surface area contributed by atoms with E-state index in [1.165, 1.54) is 34.2 Å². The molecule has 0 spiro atoms. The molecule has 0 aliphatic rings. The normalized spacial score (nSPS) is 10.4. The average molecular weight is 280 g/mol. The van der Waals surface area contributed by atoms with Gasteiger partial charge in [-0.2, -0.15) is 0 Å². The van der Waals surface area contributed by atoms with Gasteiger partial charge in [-0.1, -0.05) is 0 Å². The third-order valence-corrected chi connectivity index (χ3v) is 3.33. The fraction of sp³-hybridized carbons (Fsp3) is 0.273. The van der Waals surface area contributed by atoms with Crippen LogP contribution in [-0.4, -0.2) is 21.0 Å². The fourth-order valence-electron chi connectivity index (χ4n) is 1.53. The monoisotopic (exact) mass is 280 g/mol. The average Bonchev–Trinajstić information content (AvgIpc) is 2.80. The molecular weight excluding hydrogens is 268 g/mol. The maximum atomic E-state index is 11.6. The van der Waals surface area contributed by atoms with Gasteiger partial charge in [-0.15, -0.1) is 11.3 Å². The lowest BCUT2D eigenvalue weighted by Gasteiger charge is -2.02. The van der Waals surface area contributed by atoms with Crippen molar-refractivity contribution in [2.45, 2.75) is 13.5 Å². The van der Waals surface area contributed by atoms with Gasteiger partial charge in [-0.3, -0.25) is 14.9 Å². The maximum Gasteiger partial charge on any atom is 0.285 e. The highest BCUT2D eigenvalue weighted by molar-refractivity contribution is 7.15. The van der Waals surface area contributed by atoms with Crippen molar-refractivity contribution in [3.8, 4) is 0 Å². The summed E-state index contributed by atoms with van der Waals surface area (Å²) in [5.74, 6) is 0. The lowest BCUT2D eigenvalue weighted by Crippen LogP contribution is -2.18. The first-order valence-corrected chi connectivity index (χ1v) is 6.45. The summed E-state index contributed by atoms with van der Waals surface area (Å²) in [7, 11) is 0. The second-order valence-corrected chi connectivity index (χ2v) is 4.89. The predicted molar refractivity (Wildman–Crippen MR) is 72.7 cm³/mol. The molecule has 0 radical (unpaired) electrons. The summed E-state index contributed by atoms with van der Waals surface area (Å²) in [5, 5.41) is 14.5. The molecule has 0 amide bonds. The van der Waals surface area contributed by atoms with Gasteiger partial charge in [-0.25, -0.2) is 4.98 Å². The smallest absolute Gasteiger partial charge is 0.285 e. The number of nitro groups is 1. The Morgan fingerprint density at radius 2 is 2.32 bits per heavy atom. The molecule has 8 heteroatoms. The van der Waals surface area contributed by atoms with Gasteiger partial charge in [0.2, 0.25) is 0 Å². The third-order valence-electron chi connectivity index (χ3n) is 2.39. The van der Waals surface area contributed by atoms with Crippen LogP contribution in [-0.2, 0) is 6.54 Å². The molecule has 2 aromatic rings. The second-order valence-electron chi connectivity index (χ2n) is 3.77. The quantitative estimate of drug-likeness (QED) is 0.665. The molecule has 2 heterocycles. The lowest BCUT2D eigenvalue weighted by molar-refractivity contribution is -0.385. The third kappa shape index (κ3) is 3.16. The van der Waals surface area contributed by atoms with E-state index in [1.54, 1.807) is 6.20 Å². The van der Waals surface area contributed by atoms with Crippen molar-refractivity contribution >= 4 is 22.2 Å². The molecule has 0 saturated heterocycles. The number of nitrogens with zero attached hydrogens (tertiary/aromatic N) is 3. The number of anilines is 1. The highest BCUT2D eigenvalue weighted by Gasteiger charge is 2.09. The molecule has 0 atom stereocenters. The molecule has 0 fully saturated rings. The Hall–Kier alpha value is -2.22. The van der Waals surface area contributed by atoms with E-state index in [0.29, 0.717) is 0 Å². The molecule has 1 N–H and O–H groups in total. The Kier molecular flexibility index (Phi) is 3.91. The van der Waals surface area contributed by atoms with Crippen molar-refractivity contribution in [3.63, 3.8) is 0 Å². The van der Waals surface area contributed by atoms with Crippen LogP contribution in [0.3, 0.4) is 0 Å². The first kappa shape index (κ1) is 13.2. The Bertz CT molecular complexity index is 649. The van der Waals surface area contributed by atoms with Crippen molar-refractivity contribution in [1.82, 2.24) is 9.55 Å². The second kappa shape index (κ2) is 5.61. The molecular formula is C11H12N4O3S. The highest BCUT2D eigenvalue weighted by atomic mass is 32.1. The number of pyridine rings is 1. The Labute approximate surface area is 112 Å². The number of thiazole rings is 1. The van der Waals surface area contributed by atoms with Gasteiger partial charge in [0.15, 0.2) is 5.13 Å². The zero-order valence-corrected chi connectivity index (χ0v) is 11.0. The standard InChI is InChI=1S/C11H12N4O3S/c1-2-12-11-13-5-9(19-11)7-14-6-8(15(17)18)3-4-10(14)16/h3-6H,2,7H2,1H3,(H,12,13). The van der Waals surface area contributed by atoms with Gasteiger partial charge < -0.3 is 9.88 Å². The van der Waals surface area contributed by atoms with E-state index in [-0.39, 0.29) is 17.8 Å². The van der Waals surface area contributed by atoms with Gasteiger partial charge in [0.1, 0.15) is 0 Å². The van der Waals surface area contributed by atoms with E-state index >= 15 is 0 Å². The van der Waals surface area contributed by atoms with E-state index in [2.05, 4.69) is 10.3 Å². The van der Waals surface area contributed by atoms with Crippen molar-refractivity contribution in [1.29, 1.82) is 0 Å². The van der Waals surface area contributed by atoms with E-state index in [9.17, 15) is 14.9 Å². The summed E-state index contributed by atoms with van der Waals surface area (Å²) < 4.78 is 1.31. The first-order chi connectivity index (χ1) is 9.10. The van der Waals surface area contributed by atoms with E-state index in [0.717, 1.165) is 16.6 Å². The van der Waals surface area contributed by atoms with E-state index in [1.807, 2.05) is 6.92 Å². The van der Waals surface area contributed by atoms with Crippen LogP contribution in [0.15, 0.2) is 29.3 Å². The van der Waals surface area contributed by atoms with Crippen molar-refractivity contribution < 1.29 is 4.92 Å². The minimum atomic E-state index is -0.521. The van der Waals surface area contributed by atoms with Crippen LogP contribution >= 0.6 is 11.3 Å². The summed E-state index contributed by atoms with van der Waals surface area (Å²) in [6.45, 7) is 3.01. The summed E-state index contributed by atoms with van der Waals surface area (Å²) in [5.41, 5.74) is -0.375. The molecule has 0 aromatic carbocycles. The van der Waals surface area contributed by atoms with Crippen LogP contribution in [0.25, 0.3) is 0 Å². The SMILES string of the molecule is CCNc1ncc(Cn2cc([N+](=O)[O-])ccc2=O)s1. The number of rotatable bonds is 5. The maximum absolute atomic E-state index is 11.6. The van der Waals surface area contributed by atoms with Crippen LogP contribution in [0.4, 0.5) is 10.8 Å². The highest BCUT2D eigenvalue weighted by Crippen LogP contribution is 2.18. The van der Waals surface area contributed by atoms with Gasteiger partial charge in [-0.05, 0) is 6.92 Å². The summed E-state index contributed by atoms with van der Waals surface area (Å²) in [6, 6.07) is 2.40. The molecule has 2 rings (SSSR count). The molecule has 2 aromatic heterocycles. The number of hydrogen-bond acceptors (Lipinski definition) is 6. The van der Waals surface area contributed by atoms with Crippen molar-refractivity contribution in [3.05, 3.63) is 49.9 Å². The van der Waals surface area contributed by atoms with Crippen molar-refractivity contribution in [2.75, 3.05) is 11.9 Å². The van der Waals surface area contributed by atoms with Gasteiger partial charge in [0, 0.05) is 29.8 Å². The fourth-order valence-corrected chi connectivity index (χ4v) is 2.41. The van der Waals surface area contributed by atoms with Crippen LogP contribution in [0.5, 0.6) is 0 Å². The topological polar surface area (TPSA) is 90.1 Å². The molecule has 100 valence electrons. The Balaban J connectivity index is 2.24. The molecule has 0 aliphatic carbocycles. The van der Waals surface area contributed by atoms with Gasteiger partial charge in [0.25, 0.3) is 11.2 Å². The van der Waals surface area contributed by atoms with E-state index < -0.39 is 4.92 Å². The Morgan fingerprint density at radius 1 is 1.53 bits per heavy atom. The van der Waals surface area contributed by atoms with Crippen molar-refractivity contribution in [2.24, 2.45) is 0 Å². The summed E-state index contributed by atoms with van der Waals surface area (Å²) in [6.07, 6.45) is 2.91. The van der Waals surface area contributed by atoms with Crippen LogP contribution in [0.1, 0.15) is 11.8 Å². The number of hydrogen-bond donors (Lipinski definition) is 1. The lowest BCUT2D eigenvalue weighted by atomic mass is 10.4. The predicted octanol–water partition coefficient (Wildman–Crippen LogP) is 1.69. The molecule has 0 aliphatic heterocycles. The molecule has 0 saturated carbocycles. The summed E-state index contributed by atoms with van der Waals surface area (Å²) >= 11 is 1.42. The van der Waals surface area contributed by atoms with Gasteiger partial charge in [0.05, 0.1) is 17.7 Å². The van der Waals surface area contributed by atoms with Crippen LogP contribution in [0, 0.1) is 10.1 Å². The minimum Gasteiger partial charge on any atom is -0.362 e. The largest absolute Gasteiger partial charge is 0.362 e. The minimum absolute atomic E-state index is 0.101. The summed E-state index contributed by atoms with van der Waals surface area (Å²) in [4.78, 5) is 26.8. The Morgan fingerprint density at radius 3 is 3.00 bits per heavy atom. The van der Waals surface area contributed by atoms with Crippen LogP contribution in [0.2, 0.25) is 0 Å². The zero-order valence-electron chi connectivity index (χ0n) is 10.2.